The number of non-ortho nitro benzene ring substituents is 1. The SMILES string of the molecule is CCN1CCN(Cc2nc3ccc([N+](=O)[O-])cc3[nH]2)CC1. The van der Waals surface area contributed by atoms with Gasteiger partial charge in [-0.2, -0.15) is 0 Å². The van der Waals surface area contributed by atoms with E-state index in [1.807, 2.05) is 0 Å². The highest BCUT2D eigenvalue weighted by atomic mass is 16.6. The van der Waals surface area contributed by atoms with Crippen LogP contribution in [0.3, 0.4) is 0 Å². The summed E-state index contributed by atoms with van der Waals surface area (Å²) < 4.78 is 0. The van der Waals surface area contributed by atoms with Gasteiger partial charge in [-0.3, -0.25) is 15.0 Å². The third kappa shape index (κ3) is 3.03. The number of nitrogens with one attached hydrogen (secondary N) is 1. The number of hydrogen-bond acceptors (Lipinski definition) is 5. The predicted octanol–water partition coefficient (Wildman–Crippen LogP) is 1.61. The normalized spacial score (nSPS) is 17.4. The van der Waals surface area contributed by atoms with E-state index in [0.717, 1.165) is 56.1 Å². The molecule has 21 heavy (non-hydrogen) atoms. The number of piperazine rings is 1. The minimum atomic E-state index is -0.385. The minimum Gasteiger partial charge on any atom is -0.341 e. The zero-order valence-corrected chi connectivity index (χ0v) is 12.1. The first-order valence-corrected chi connectivity index (χ1v) is 7.23. The summed E-state index contributed by atoms with van der Waals surface area (Å²) in [7, 11) is 0. The lowest BCUT2D eigenvalue weighted by atomic mass is 10.3. The highest BCUT2D eigenvalue weighted by molar-refractivity contribution is 5.77. The Morgan fingerprint density at radius 2 is 2.00 bits per heavy atom. The molecule has 0 saturated carbocycles. The highest BCUT2D eigenvalue weighted by Gasteiger charge is 2.17. The molecule has 0 radical (unpaired) electrons. The molecule has 0 spiro atoms. The second-order valence-electron chi connectivity index (χ2n) is 5.35. The maximum Gasteiger partial charge on any atom is 0.271 e. The van der Waals surface area contributed by atoms with Crippen molar-refractivity contribution in [2.75, 3.05) is 32.7 Å². The summed E-state index contributed by atoms with van der Waals surface area (Å²) >= 11 is 0. The number of aromatic amines is 1. The smallest absolute Gasteiger partial charge is 0.271 e. The van der Waals surface area contributed by atoms with Gasteiger partial charge in [0.2, 0.25) is 0 Å². The van der Waals surface area contributed by atoms with Gasteiger partial charge >= 0.3 is 0 Å². The summed E-state index contributed by atoms with van der Waals surface area (Å²) in [5.74, 6) is 0.871. The molecular weight excluding hydrogens is 270 g/mol. The Hall–Kier alpha value is -1.99. The van der Waals surface area contributed by atoms with Crippen LogP contribution in [0.15, 0.2) is 18.2 Å². The Bertz CT molecular complexity index is 646. The van der Waals surface area contributed by atoms with Crippen molar-refractivity contribution < 1.29 is 4.92 Å². The van der Waals surface area contributed by atoms with Gasteiger partial charge in [-0.1, -0.05) is 6.92 Å². The number of nitro groups is 1. The Kier molecular flexibility index (Phi) is 3.85. The van der Waals surface area contributed by atoms with Gasteiger partial charge in [0.15, 0.2) is 0 Å². The van der Waals surface area contributed by atoms with Gasteiger partial charge in [0, 0.05) is 38.3 Å². The number of aromatic nitrogens is 2. The minimum absolute atomic E-state index is 0.0919. The number of nitro benzene ring substituents is 1. The van der Waals surface area contributed by atoms with Gasteiger partial charge in [0.1, 0.15) is 5.82 Å². The summed E-state index contributed by atoms with van der Waals surface area (Å²) in [6.45, 7) is 8.28. The Balaban J connectivity index is 1.71. The van der Waals surface area contributed by atoms with E-state index in [-0.39, 0.29) is 10.6 Å². The predicted molar refractivity (Wildman–Crippen MR) is 80.1 cm³/mol. The van der Waals surface area contributed by atoms with E-state index in [1.54, 1.807) is 12.1 Å². The second-order valence-corrected chi connectivity index (χ2v) is 5.35. The van der Waals surface area contributed by atoms with E-state index < -0.39 is 0 Å². The molecule has 0 bridgehead atoms. The Morgan fingerprint density at radius 3 is 2.67 bits per heavy atom. The topological polar surface area (TPSA) is 78.3 Å². The molecular formula is C14H19N5O2. The van der Waals surface area contributed by atoms with Gasteiger partial charge in [-0.25, -0.2) is 4.98 Å². The van der Waals surface area contributed by atoms with Crippen LogP contribution in [0.25, 0.3) is 11.0 Å². The van der Waals surface area contributed by atoms with E-state index in [9.17, 15) is 10.1 Å². The molecule has 3 rings (SSSR count). The molecule has 0 unspecified atom stereocenters. The van der Waals surface area contributed by atoms with Crippen molar-refractivity contribution in [2.45, 2.75) is 13.5 Å². The Morgan fingerprint density at radius 1 is 1.29 bits per heavy atom. The van der Waals surface area contributed by atoms with Gasteiger partial charge < -0.3 is 9.88 Å². The van der Waals surface area contributed by atoms with Crippen LogP contribution in [-0.4, -0.2) is 57.4 Å². The lowest BCUT2D eigenvalue weighted by Gasteiger charge is -2.33. The molecule has 0 aliphatic carbocycles. The first-order valence-electron chi connectivity index (χ1n) is 7.23. The maximum atomic E-state index is 10.8. The lowest BCUT2D eigenvalue weighted by molar-refractivity contribution is -0.384. The van der Waals surface area contributed by atoms with Crippen molar-refractivity contribution in [3.63, 3.8) is 0 Å². The molecule has 1 saturated heterocycles. The van der Waals surface area contributed by atoms with Crippen LogP contribution in [0.2, 0.25) is 0 Å². The van der Waals surface area contributed by atoms with Crippen LogP contribution in [-0.2, 0) is 6.54 Å². The third-order valence-electron chi connectivity index (χ3n) is 4.01. The number of nitrogens with zero attached hydrogens (tertiary/aromatic N) is 4. The Labute approximate surface area is 122 Å². The second kappa shape index (κ2) is 5.79. The summed E-state index contributed by atoms with van der Waals surface area (Å²) in [6.07, 6.45) is 0. The molecule has 1 aliphatic heterocycles. The van der Waals surface area contributed by atoms with Gasteiger partial charge in [0.05, 0.1) is 22.5 Å². The molecule has 1 fully saturated rings. The zero-order chi connectivity index (χ0) is 14.8. The van der Waals surface area contributed by atoms with E-state index in [0.29, 0.717) is 0 Å². The molecule has 112 valence electrons. The number of fused-ring (bicyclic) bond motifs is 1. The first kappa shape index (κ1) is 14.0. The van der Waals surface area contributed by atoms with Crippen molar-refractivity contribution in [1.82, 2.24) is 19.8 Å². The fraction of sp³-hybridized carbons (Fsp3) is 0.500. The molecule has 0 atom stereocenters. The van der Waals surface area contributed by atoms with Crippen LogP contribution < -0.4 is 0 Å². The van der Waals surface area contributed by atoms with Crippen molar-refractivity contribution in [1.29, 1.82) is 0 Å². The number of imidazole rings is 1. The third-order valence-corrected chi connectivity index (χ3v) is 4.01. The van der Waals surface area contributed by atoms with Crippen molar-refractivity contribution in [3.8, 4) is 0 Å². The number of hydrogen-bond donors (Lipinski definition) is 1. The number of rotatable bonds is 4. The molecule has 1 aliphatic rings. The molecule has 7 nitrogen and oxygen atoms in total. The zero-order valence-electron chi connectivity index (χ0n) is 12.1. The average molecular weight is 289 g/mol. The summed E-state index contributed by atoms with van der Waals surface area (Å²) in [6, 6.07) is 4.73. The summed E-state index contributed by atoms with van der Waals surface area (Å²) in [4.78, 5) is 22.9. The van der Waals surface area contributed by atoms with Crippen molar-refractivity contribution in [3.05, 3.63) is 34.1 Å². The van der Waals surface area contributed by atoms with Crippen molar-refractivity contribution in [2.24, 2.45) is 0 Å². The molecule has 1 aromatic heterocycles. The maximum absolute atomic E-state index is 10.8. The summed E-state index contributed by atoms with van der Waals surface area (Å²) in [5.41, 5.74) is 1.60. The lowest BCUT2D eigenvalue weighted by Crippen LogP contribution is -2.45. The number of likely N-dealkylation sites (N-methyl/N-ethyl adjacent to an activating group) is 1. The molecule has 7 heteroatoms. The molecule has 0 amide bonds. The quantitative estimate of drug-likeness (QED) is 0.683. The van der Waals surface area contributed by atoms with E-state index in [4.69, 9.17) is 0 Å². The van der Waals surface area contributed by atoms with Crippen LogP contribution in [0.4, 0.5) is 5.69 Å². The average Bonchev–Trinajstić information content (AvgIpc) is 2.89. The van der Waals surface area contributed by atoms with Crippen LogP contribution in [0.5, 0.6) is 0 Å². The molecule has 2 aromatic rings. The van der Waals surface area contributed by atoms with E-state index in [2.05, 4.69) is 26.7 Å². The van der Waals surface area contributed by atoms with Gasteiger partial charge in [0.25, 0.3) is 5.69 Å². The van der Waals surface area contributed by atoms with Crippen molar-refractivity contribution >= 4 is 16.7 Å². The monoisotopic (exact) mass is 289 g/mol. The van der Waals surface area contributed by atoms with Crippen LogP contribution in [0.1, 0.15) is 12.7 Å². The largest absolute Gasteiger partial charge is 0.341 e. The highest BCUT2D eigenvalue weighted by Crippen LogP contribution is 2.19. The fourth-order valence-electron chi connectivity index (χ4n) is 2.71. The number of benzene rings is 1. The van der Waals surface area contributed by atoms with Crippen LogP contribution >= 0.6 is 0 Å². The van der Waals surface area contributed by atoms with Gasteiger partial charge in [-0.05, 0) is 12.6 Å². The number of H-pyrrole nitrogens is 1. The van der Waals surface area contributed by atoms with Crippen LogP contribution in [0, 0.1) is 10.1 Å². The molecule has 1 aromatic carbocycles. The van der Waals surface area contributed by atoms with E-state index in [1.165, 1.54) is 6.07 Å². The van der Waals surface area contributed by atoms with Gasteiger partial charge in [-0.15, -0.1) is 0 Å². The summed E-state index contributed by atoms with van der Waals surface area (Å²) in [5, 5.41) is 10.8. The standard InChI is InChI=1S/C14H19N5O2/c1-2-17-5-7-18(8-6-17)10-14-15-12-4-3-11(19(20)21)9-13(12)16-14/h3-4,9H,2,5-8,10H2,1H3,(H,15,16). The fourth-order valence-corrected chi connectivity index (χ4v) is 2.71. The first-order chi connectivity index (χ1) is 10.2. The van der Waals surface area contributed by atoms with E-state index >= 15 is 0 Å². The molecule has 1 N–H and O–H groups in total. The molecule has 2 heterocycles.